The standard InChI is InChI=1S/C13H18N4O2/c1-19-17-12(14)10-4-2-9(3-5-10)8-16-13(18)11-6-7-15-11/h2-5,11,15H,6-8H2,1H3,(H2,14,17)(H,16,18)/t11-/m0/s1. The molecule has 1 saturated heterocycles. The van der Waals surface area contributed by atoms with Gasteiger partial charge in [-0.1, -0.05) is 29.4 Å². The Morgan fingerprint density at radius 2 is 2.21 bits per heavy atom. The zero-order valence-corrected chi connectivity index (χ0v) is 10.8. The van der Waals surface area contributed by atoms with Crippen molar-refractivity contribution in [2.75, 3.05) is 13.7 Å². The van der Waals surface area contributed by atoms with Gasteiger partial charge in [0.2, 0.25) is 5.91 Å². The highest BCUT2D eigenvalue weighted by Crippen LogP contribution is 2.06. The van der Waals surface area contributed by atoms with Gasteiger partial charge in [-0.3, -0.25) is 4.79 Å². The van der Waals surface area contributed by atoms with Crippen LogP contribution in [0.3, 0.4) is 0 Å². The van der Waals surface area contributed by atoms with Crippen molar-refractivity contribution in [1.82, 2.24) is 10.6 Å². The van der Waals surface area contributed by atoms with Crippen molar-refractivity contribution in [3.8, 4) is 0 Å². The number of hydrogen-bond acceptors (Lipinski definition) is 4. The summed E-state index contributed by atoms with van der Waals surface area (Å²) in [5, 5.41) is 9.61. The van der Waals surface area contributed by atoms with E-state index >= 15 is 0 Å². The zero-order chi connectivity index (χ0) is 13.7. The number of nitrogens with one attached hydrogen (secondary N) is 2. The number of hydrogen-bond donors (Lipinski definition) is 3. The van der Waals surface area contributed by atoms with Crippen molar-refractivity contribution in [3.05, 3.63) is 35.4 Å². The minimum absolute atomic E-state index is 0.0243. The summed E-state index contributed by atoms with van der Waals surface area (Å²) in [6.45, 7) is 1.43. The molecule has 0 unspecified atom stereocenters. The van der Waals surface area contributed by atoms with Crippen molar-refractivity contribution < 1.29 is 9.63 Å². The average molecular weight is 262 g/mol. The SMILES string of the molecule is CON=C(N)c1ccc(CNC(=O)[C@@H]2CCN2)cc1. The number of carbonyl (C=O) groups excluding carboxylic acids is 1. The van der Waals surface area contributed by atoms with Gasteiger partial charge in [-0.25, -0.2) is 0 Å². The van der Waals surface area contributed by atoms with E-state index in [9.17, 15) is 4.79 Å². The normalized spacial score (nSPS) is 18.6. The van der Waals surface area contributed by atoms with E-state index in [1.807, 2.05) is 24.3 Å². The van der Waals surface area contributed by atoms with E-state index in [4.69, 9.17) is 5.73 Å². The van der Waals surface area contributed by atoms with Crippen LogP contribution in [-0.2, 0) is 16.2 Å². The molecule has 1 atom stereocenters. The minimum Gasteiger partial charge on any atom is -0.397 e. The lowest BCUT2D eigenvalue weighted by Gasteiger charge is -2.26. The molecule has 0 spiro atoms. The van der Waals surface area contributed by atoms with E-state index < -0.39 is 0 Å². The first-order valence-corrected chi connectivity index (χ1v) is 6.17. The smallest absolute Gasteiger partial charge is 0.237 e. The van der Waals surface area contributed by atoms with Crippen molar-refractivity contribution >= 4 is 11.7 Å². The van der Waals surface area contributed by atoms with Crippen LogP contribution in [0.4, 0.5) is 0 Å². The number of oxime groups is 1. The number of amides is 1. The van der Waals surface area contributed by atoms with Gasteiger partial charge in [0.15, 0.2) is 5.84 Å². The Bertz CT molecular complexity index is 466. The second kappa shape index (κ2) is 6.19. The maximum atomic E-state index is 11.6. The molecule has 4 N–H and O–H groups in total. The van der Waals surface area contributed by atoms with E-state index in [2.05, 4.69) is 20.6 Å². The first-order valence-electron chi connectivity index (χ1n) is 6.17. The van der Waals surface area contributed by atoms with Crippen LogP contribution in [0.1, 0.15) is 17.5 Å². The number of amidine groups is 1. The van der Waals surface area contributed by atoms with Crippen LogP contribution in [-0.4, -0.2) is 31.4 Å². The van der Waals surface area contributed by atoms with E-state index in [0.29, 0.717) is 12.4 Å². The van der Waals surface area contributed by atoms with Crippen LogP contribution >= 0.6 is 0 Å². The van der Waals surface area contributed by atoms with Gasteiger partial charge >= 0.3 is 0 Å². The molecule has 1 aromatic carbocycles. The molecule has 0 saturated carbocycles. The van der Waals surface area contributed by atoms with Crippen LogP contribution < -0.4 is 16.4 Å². The highest BCUT2D eigenvalue weighted by atomic mass is 16.6. The Morgan fingerprint density at radius 1 is 1.53 bits per heavy atom. The van der Waals surface area contributed by atoms with Crippen LogP contribution in [0.15, 0.2) is 29.4 Å². The number of nitrogens with zero attached hydrogens (tertiary/aromatic N) is 1. The van der Waals surface area contributed by atoms with E-state index in [1.54, 1.807) is 0 Å². The maximum absolute atomic E-state index is 11.6. The molecule has 0 radical (unpaired) electrons. The summed E-state index contributed by atoms with van der Waals surface area (Å²) < 4.78 is 0. The molecular weight excluding hydrogens is 244 g/mol. The van der Waals surface area contributed by atoms with Crippen molar-refractivity contribution in [2.45, 2.75) is 19.0 Å². The highest BCUT2D eigenvalue weighted by molar-refractivity contribution is 5.97. The Labute approximate surface area is 112 Å². The van der Waals surface area contributed by atoms with E-state index in [0.717, 1.165) is 24.1 Å². The molecule has 1 aliphatic heterocycles. The van der Waals surface area contributed by atoms with Gasteiger partial charge in [0, 0.05) is 12.1 Å². The minimum atomic E-state index is -0.0243. The molecule has 1 amide bonds. The Balaban J connectivity index is 1.88. The topological polar surface area (TPSA) is 88.7 Å². The van der Waals surface area contributed by atoms with Gasteiger partial charge in [0.05, 0.1) is 6.04 Å². The van der Waals surface area contributed by atoms with Crippen molar-refractivity contribution in [2.24, 2.45) is 10.9 Å². The van der Waals surface area contributed by atoms with E-state index in [1.165, 1.54) is 7.11 Å². The summed E-state index contributed by atoms with van der Waals surface area (Å²) in [5.74, 6) is 0.382. The second-order valence-electron chi connectivity index (χ2n) is 4.37. The molecule has 1 fully saturated rings. The van der Waals surface area contributed by atoms with E-state index in [-0.39, 0.29) is 11.9 Å². The summed E-state index contributed by atoms with van der Waals surface area (Å²) in [7, 11) is 1.45. The zero-order valence-electron chi connectivity index (χ0n) is 10.8. The Morgan fingerprint density at radius 3 is 2.74 bits per heavy atom. The summed E-state index contributed by atoms with van der Waals surface area (Å²) in [6.07, 6.45) is 0.911. The molecule has 1 heterocycles. The number of rotatable bonds is 5. The molecule has 102 valence electrons. The van der Waals surface area contributed by atoms with Gasteiger partial charge in [0.25, 0.3) is 0 Å². The molecule has 6 heteroatoms. The first-order chi connectivity index (χ1) is 9.20. The summed E-state index contributed by atoms with van der Waals surface area (Å²) in [5.41, 5.74) is 7.49. The lowest BCUT2D eigenvalue weighted by molar-refractivity contribution is -0.124. The quantitative estimate of drug-likeness (QED) is 0.394. The summed E-state index contributed by atoms with van der Waals surface area (Å²) in [4.78, 5) is 16.2. The van der Waals surface area contributed by atoms with Crippen LogP contribution in [0.2, 0.25) is 0 Å². The summed E-state index contributed by atoms with van der Waals surface area (Å²) >= 11 is 0. The third-order valence-corrected chi connectivity index (χ3v) is 3.05. The summed E-state index contributed by atoms with van der Waals surface area (Å²) in [6, 6.07) is 7.48. The first kappa shape index (κ1) is 13.4. The van der Waals surface area contributed by atoms with Gasteiger partial charge in [-0.2, -0.15) is 0 Å². The molecule has 0 bridgehead atoms. The molecule has 1 aromatic rings. The number of benzene rings is 1. The van der Waals surface area contributed by atoms with Gasteiger partial charge in [-0.15, -0.1) is 0 Å². The average Bonchev–Trinajstić information content (AvgIpc) is 2.35. The van der Waals surface area contributed by atoms with Crippen LogP contribution in [0.25, 0.3) is 0 Å². The van der Waals surface area contributed by atoms with Crippen LogP contribution in [0, 0.1) is 0 Å². The third-order valence-electron chi connectivity index (χ3n) is 3.05. The number of nitrogens with two attached hydrogens (primary N) is 1. The fourth-order valence-electron chi connectivity index (χ4n) is 1.77. The van der Waals surface area contributed by atoms with Crippen LogP contribution in [0.5, 0.6) is 0 Å². The molecule has 19 heavy (non-hydrogen) atoms. The second-order valence-corrected chi connectivity index (χ2v) is 4.37. The Hall–Kier alpha value is -2.08. The third kappa shape index (κ3) is 3.45. The predicted molar refractivity (Wildman–Crippen MR) is 72.4 cm³/mol. The molecule has 0 aliphatic carbocycles. The molecular formula is C13H18N4O2. The van der Waals surface area contributed by atoms with Crippen molar-refractivity contribution in [3.63, 3.8) is 0 Å². The van der Waals surface area contributed by atoms with Crippen molar-refractivity contribution in [1.29, 1.82) is 0 Å². The largest absolute Gasteiger partial charge is 0.397 e. The lowest BCUT2D eigenvalue weighted by atomic mass is 10.1. The monoisotopic (exact) mass is 262 g/mol. The molecule has 1 aliphatic rings. The van der Waals surface area contributed by atoms with Gasteiger partial charge in [0.1, 0.15) is 7.11 Å². The van der Waals surface area contributed by atoms with Gasteiger partial charge < -0.3 is 21.2 Å². The molecule has 2 rings (SSSR count). The highest BCUT2D eigenvalue weighted by Gasteiger charge is 2.23. The number of carbonyl (C=O) groups is 1. The fraction of sp³-hybridized carbons (Fsp3) is 0.385. The predicted octanol–water partition coefficient (Wildman–Crippen LogP) is -0.0686. The van der Waals surface area contributed by atoms with Gasteiger partial charge in [-0.05, 0) is 18.5 Å². The lowest BCUT2D eigenvalue weighted by Crippen LogP contribution is -2.52. The fourth-order valence-corrected chi connectivity index (χ4v) is 1.77. The molecule has 0 aromatic heterocycles. The Kier molecular flexibility index (Phi) is 4.35. The maximum Gasteiger partial charge on any atom is 0.237 e. The molecule has 6 nitrogen and oxygen atoms in total.